The molecule has 5 nitrogen and oxygen atoms in total. The molecule has 17 heavy (non-hydrogen) atoms. The van der Waals surface area contributed by atoms with E-state index >= 15 is 0 Å². The number of carboxylic acids is 1. The van der Waals surface area contributed by atoms with Crippen LogP contribution in [-0.4, -0.2) is 60.0 Å². The van der Waals surface area contributed by atoms with Crippen molar-refractivity contribution in [3.8, 4) is 0 Å². The highest BCUT2D eigenvalue weighted by atomic mass is 16.5. The van der Waals surface area contributed by atoms with E-state index in [1.54, 1.807) is 0 Å². The molecule has 0 aromatic rings. The molecule has 0 aromatic carbocycles. The monoisotopic (exact) mass is 243 g/mol. The van der Waals surface area contributed by atoms with Crippen LogP contribution < -0.4 is 0 Å². The van der Waals surface area contributed by atoms with Gasteiger partial charge in [-0.15, -0.1) is 0 Å². The molecule has 2 aliphatic rings. The first kappa shape index (κ1) is 12.8. The Morgan fingerprint density at radius 3 is 2.24 bits per heavy atom. The zero-order valence-corrected chi connectivity index (χ0v) is 10.5. The minimum atomic E-state index is -0.745. The maximum absolute atomic E-state index is 11.7. The van der Waals surface area contributed by atoms with Crippen LogP contribution in [0, 0.1) is 0 Å². The number of nitrogens with zero attached hydrogens (tertiary/aromatic N) is 1. The van der Waals surface area contributed by atoms with Crippen LogP contribution in [0.3, 0.4) is 0 Å². The maximum atomic E-state index is 11.7. The van der Waals surface area contributed by atoms with E-state index in [9.17, 15) is 9.90 Å². The first-order valence-electron chi connectivity index (χ1n) is 6.26. The van der Waals surface area contributed by atoms with Crippen molar-refractivity contribution in [1.29, 1.82) is 0 Å². The van der Waals surface area contributed by atoms with Gasteiger partial charge in [0.1, 0.15) is 5.54 Å². The predicted octanol–water partition coefficient (Wildman–Crippen LogP) is 0.729. The Hall–Kier alpha value is -0.650. The molecule has 0 amide bonds. The van der Waals surface area contributed by atoms with Crippen LogP contribution in [-0.2, 0) is 14.3 Å². The second kappa shape index (κ2) is 4.92. The lowest BCUT2D eigenvalue weighted by molar-refractivity contribution is -0.171. The lowest BCUT2D eigenvalue weighted by Gasteiger charge is -2.47. The van der Waals surface area contributed by atoms with E-state index in [4.69, 9.17) is 9.47 Å². The lowest BCUT2D eigenvalue weighted by atomic mass is 9.87. The molecule has 0 aliphatic carbocycles. The van der Waals surface area contributed by atoms with Gasteiger partial charge in [-0.3, -0.25) is 9.69 Å². The minimum Gasteiger partial charge on any atom is -0.480 e. The fourth-order valence-corrected chi connectivity index (χ4v) is 2.90. The van der Waals surface area contributed by atoms with Crippen LogP contribution in [0.4, 0.5) is 0 Å². The SMILES string of the molecule is CC1CN(C2(C(=O)O)CCOCC2)CC(C)O1. The number of hydrogen-bond acceptors (Lipinski definition) is 4. The molecule has 2 saturated heterocycles. The van der Waals surface area contributed by atoms with Gasteiger partial charge in [-0.05, 0) is 26.7 Å². The molecule has 2 rings (SSSR count). The Kier molecular flexibility index (Phi) is 3.70. The van der Waals surface area contributed by atoms with Gasteiger partial charge in [0.15, 0.2) is 0 Å². The summed E-state index contributed by atoms with van der Waals surface area (Å²) in [6.07, 6.45) is 1.33. The zero-order valence-electron chi connectivity index (χ0n) is 10.5. The molecule has 2 atom stereocenters. The van der Waals surface area contributed by atoms with E-state index < -0.39 is 11.5 Å². The summed E-state index contributed by atoms with van der Waals surface area (Å²) < 4.78 is 11.0. The zero-order chi connectivity index (χ0) is 12.5. The molecule has 0 saturated carbocycles. The first-order valence-corrected chi connectivity index (χ1v) is 6.26. The first-order chi connectivity index (χ1) is 8.04. The maximum Gasteiger partial charge on any atom is 0.324 e. The lowest BCUT2D eigenvalue weighted by Crippen LogP contribution is -2.63. The molecule has 2 fully saturated rings. The standard InChI is InChI=1S/C12H21NO4/c1-9-7-13(8-10(2)17-9)12(11(14)15)3-5-16-6-4-12/h9-10H,3-8H2,1-2H3,(H,14,15). The summed E-state index contributed by atoms with van der Waals surface area (Å²) in [5, 5.41) is 9.58. The second-order valence-corrected chi connectivity index (χ2v) is 5.11. The van der Waals surface area contributed by atoms with Gasteiger partial charge in [0.05, 0.1) is 12.2 Å². The Morgan fingerprint density at radius 2 is 1.76 bits per heavy atom. The molecule has 1 N–H and O–H groups in total. The van der Waals surface area contributed by atoms with Crippen LogP contribution >= 0.6 is 0 Å². The number of rotatable bonds is 2. The summed E-state index contributed by atoms with van der Waals surface area (Å²) >= 11 is 0. The summed E-state index contributed by atoms with van der Waals surface area (Å²) in [6.45, 7) is 6.45. The highest BCUT2D eigenvalue weighted by Gasteiger charge is 2.47. The van der Waals surface area contributed by atoms with Crippen LogP contribution in [0.15, 0.2) is 0 Å². The molecule has 0 bridgehead atoms. The van der Waals surface area contributed by atoms with Gasteiger partial charge in [-0.25, -0.2) is 0 Å². The van der Waals surface area contributed by atoms with Gasteiger partial charge >= 0.3 is 5.97 Å². The summed E-state index contributed by atoms with van der Waals surface area (Å²) in [4.78, 5) is 13.7. The number of ether oxygens (including phenoxy) is 2. The summed E-state index contributed by atoms with van der Waals surface area (Å²) in [5.41, 5.74) is -0.745. The third-order valence-electron chi connectivity index (χ3n) is 3.74. The van der Waals surface area contributed by atoms with Crippen molar-refractivity contribution >= 4 is 5.97 Å². The van der Waals surface area contributed by atoms with E-state index in [1.165, 1.54) is 0 Å². The smallest absolute Gasteiger partial charge is 0.324 e. The normalized spacial score (nSPS) is 34.5. The molecule has 0 aromatic heterocycles. The molecule has 98 valence electrons. The van der Waals surface area contributed by atoms with Crippen LogP contribution in [0.25, 0.3) is 0 Å². The quantitative estimate of drug-likeness (QED) is 0.774. The second-order valence-electron chi connectivity index (χ2n) is 5.11. The molecule has 2 unspecified atom stereocenters. The minimum absolute atomic E-state index is 0.0952. The van der Waals surface area contributed by atoms with E-state index in [0.29, 0.717) is 39.1 Å². The van der Waals surface area contributed by atoms with Crippen molar-refractivity contribution in [1.82, 2.24) is 4.90 Å². The topological polar surface area (TPSA) is 59.0 Å². The van der Waals surface area contributed by atoms with E-state index in [2.05, 4.69) is 4.90 Å². The van der Waals surface area contributed by atoms with E-state index in [1.807, 2.05) is 13.8 Å². The van der Waals surface area contributed by atoms with Crippen molar-refractivity contribution in [2.24, 2.45) is 0 Å². The Balaban J connectivity index is 2.17. The third kappa shape index (κ3) is 2.46. The largest absolute Gasteiger partial charge is 0.480 e. The van der Waals surface area contributed by atoms with Gasteiger partial charge in [-0.2, -0.15) is 0 Å². The van der Waals surface area contributed by atoms with E-state index in [0.717, 1.165) is 0 Å². The van der Waals surface area contributed by atoms with Crippen molar-refractivity contribution < 1.29 is 19.4 Å². The molecule has 2 aliphatic heterocycles. The molecule has 0 spiro atoms. The highest BCUT2D eigenvalue weighted by molar-refractivity contribution is 5.79. The van der Waals surface area contributed by atoms with E-state index in [-0.39, 0.29) is 12.2 Å². The predicted molar refractivity (Wildman–Crippen MR) is 62.0 cm³/mol. The summed E-state index contributed by atoms with van der Waals surface area (Å²) in [7, 11) is 0. The number of aliphatic carboxylic acids is 1. The van der Waals surface area contributed by atoms with Crippen molar-refractivity contribution in [2.45, 2.75) is 44.4 Å². The molecule has 5 heteroatoms. The Bertz CT molecular complexity index is 278. The van der Waals surface area contributed by atoms with Gasteiger partial charge in [0, 0.05) is 26.3 Å². The Morgan fingerprint density at radius 1 is 1.24 bits per heavy atom. The number of carboxylic acid groups (broad SMARTS) is 1. The molecule has 0 radical (unpaired) electrons. The third-order valence-corrected chi connectivity index (χ3v) is 3.74. The molecular formula is C12H21NO4. The molecular weight excluding hydrogens is 222 g/mol. The van der Waals surface area contributed by atoms with Crippen LogP contribution in [0.2, 0.25) is 0 Å². The van der Waals surface area contributed by atoms with Gasteiger partial charge in [-0.1, -0.05) is 0 Å². The van der Waals surface area contributed by atoms with Crippen LogP contribution in [0.1, 0.15) is 26.7 Å². The average Bonchev–Trinajstić information content (AvgIpc) is 2.28. The molecule has 2 heterocycles. The van der Waals surface area contributed by atoms with Gasteiger partial charge < -0.3 is 14.6 Å². The van der Waals surface area contributed by atoms with Crippen molar-refractivity contribution in [2.75, 3.05) is 26.3 Å². The highest BCUT2D eigenvalue weighted by Crippen LogP contribution is 2.31. The van der Waals surface area contributed by atoms with Crippen molar-refractivity contribution in [3.05, 3.63) is 0 Å². The number of carbonyl (C=O) groups is 1. The van der Waals surface area contributed by atoms with Gasteiger partial charge in [0.25, 0.3) is 0 Å². The number of hydrogen-bond donors (Lipinski definition) is 1. The van der Waals surface area contributed by atoms with Crippen LogP contribution in [0.5, 0.6) is 0 Å². The number of morpholine rings is 1. The fraction of sp³-hybridized carbons (Fsp3) is 0.917. The average molecular weight is 243 g/mol. The summed E-state index contributed by atoms with van der Waals surface area (Å²) in [5.74, 6) is -0.720. The Labute approximate surface area is 102 Å². The fourth-order valence-electron chi connectivity index (χ4n) is 2.90. The van der Waals surface area contributed by atoms with Gasteiger partial charge in [0.2, 0.25) is 0 Å². The van der Waals surface area contributed by atoms with Crippen molar-refractivity contribution in [3.63, 3.8) is 0 Å². The summed E-state index contributed by atoms with van der Waals surface area (Å²) in [6, 6.07) is 0.